The van der Waals surface area contributed by atoms with Crippen molar-refractivity contribution in [1.82, 2.24) is 49.8 Å². The molecule has 8 aromatic heterocycles. The number of alkyl halides is 1. The molecular formula is C101H162FN15O3. The summed E-state index contributed by atoms with van der Waals surface area (Å²) in [5.74, 6) is 12.6. The van der Waals surface area contributed by atoms with E-state index in [9.17, 15) is 4.39 Å². The molecule has 120 heavy (non-hydrogen) atoms. The number of anilines is 5. The number of nitrogens with zero attached hydrogens (tertiary/aromatic N) is 12. The molecule has 0 aliphatic heterocycles. The van der Waals surface area contributed by atoms with Crippen LogP contribution in [0.25, 0.3) is 0 Å². The van der Waals surface area contributed by atoms with Crippen LogP contribution in [-0.2, 0) is 0 Å². The molecule has 666 valence electrons. The van der Waals surface area contributed by atoms with Gasteiger partial charge in [0.15, 0.2) is 0 Å². The monoisotopic (exact) mass is 1650 g/mol. The smallest absolute Gasteiger partial charge is 0.232 e. The summed E-state index contributed by atoms with van der Waals surface area (Å²) in [4.78, 5) is 47.9. The van der Waals surface area contributed by atoms with E-state index in [4.69, 9.17) is 14.2 Å². The largest absolute Gasteiger partial charge is 0.481 e. The summed E-state index contributed by atoms with van der Waals surface area (Å²) in [6, 6.07) is 37.6. The fraction of sp³-hybridized carbons (Fsp3) is 0.564. The number of hydrogen-bond acceptors (Lipinski definition) is 18. The summed E-state index contributed by atoms with van der Waals surface area (Å²) in [6.07, 6.45) is 13.8. The number of benzene rings is 1. The van der Waals surface area contributed by atoms with Crippen molar-refractivity contribution in [2.45, 2.75) is 307 Å². The van der Waals surface area contributed by atoms with Gasteiger partial charge in [0.25, 0.3) is 0 Å². The molecule has 0 saturated heterocycles. The van der Waals surface area contributed by atoms with Crippen molar-refractivity contribution < 1.29 is 18.6 Å². The number of aromatic nitrogens is 10. The summed E-state index contributed by atoms with van der Waals surface area (Å²) in [6.45, 7) is 78.7. The summed E-state index contributed by atoms with van der Waals surface area (Å²) < 4.78 is 28.9. The molecule has 1 unspecified atom stereocenters. The molecule has 9 rings (SSSR count). The minimum absolute atomic E-state index is 0.148. The zero-order valence-corrected chi connectivity index (χ0v) is 81.0. The Balaban J connectivity index is 0.000000676. The highest BCUT2D eigenvalue weighted by molar-refractivity contribution is 5.42. The van der Waals surface area contributed by atoms with Gasteiger partial charge in [0.05, 0.1) is 44.1 Å². The van der Waals surface area contributed by atoms with E-state index < -0.39 is 6.17 Å². The Morgan fingerprint density at radius 3 is 1.14 bits per heavy atom. The second-order valence-corrected chi connectivity index (χ2v) is 35.4. The summed E-state index contributed by atoms with van der Waals surface area (Å²) in [7, 11) is 1.62. The first-order valence-electron chi connectivity index (χ1n) is 44.2. The average molecular weight is 1650 g/mol. The van der Waals surface area contributed by atoms with E-state index in [1.807, 2.05) is 79.4 Å². The maximum atomic E-state index is 12.9. The van der Waals surface area contributed by atoms with Gasteiger partial charge in [0.2, 0.25) is 17.6 Å². The molecule has 0 fully saturated rings. The molecule has 0 saturated carbocycles. The van der Waals surface area contributed by atoms with Crippen molar-refractivity contribution >= 4 is 29.1 Å². The molecule has 0 radical (unpaired) electrons. The van der Waals surface area contributed by atoms with E-state index in [-0.39, 0.29) is 5.41 Å². The van der Waals surface area contributed by atoms with Crippen LogP contribution in [0.1, 0.15) is 351 Å². The van der Waals surface area contributed by atoms with E-state index in [0.29, 0.717) is 108 Å². The minimum Gasteiger partial charge on any atom is -0.481 e. The maximum Gasteiger partial charge on any atom is 0.232 e. The van der Waals surface area contributed by atoms with Gasteiger partial charge in [0.1, 0.15) is 35.3 Å². The van der Waals surface area contributed by atoms with Crippen molar-refractivity contribution in [2.75, 3.05) is 78.8 Å². The number of methoxy groups -OCH3 is 1. The Labute approximate surface area is 729 Å². The predicted octanol–water partition coefficient (Wildman–Crippen LogP) is 27.1. The minimum atomic E-state index is -0.858. The van der Waals surface area contributed by atoms with Crippen LogP contribution in [0, 0.1) is 17.3 Å². The first-order valence-corrected chi connectivity index (χ1v) is 44.2. The van der Waals surface area contributed by atoms with Gasteiger partial charge >= 0.3 is 0 Å². The number of ether oxygens (including phenoxy) is 3. The first kappa shape index (κ1) is 109. The van der Waals surface area contributed by atoms with Crippen molar-refractivity contribution in [3.05, 3.63) is 215 Å². The van der Waals surface area contributed by atoms with Crippen LogP contribution in [-0.4, -0.2) is 115 Å². The van der Waals surface area contributed by atoms with Gasteiger partial charge in [-0.3, -0.25) is 9.97 Å². The Bertz CT molecular complexity index is 4030. The average Bonchev–Trinajstić information content (AvgIpc) is 0.872. The third-order valence-corrected chi connectivity index (χ3v) is 18.1. The Morgan fingerprint density at radius 1 is 0.350 bits per heavy atom. The topological polar surface area (TPSA) is 199 Å². The summed E-state index contributed by atoms with van der Waals surface area (Å²) >= 11 is 0. The standard InChI is InChI=1S/C12H20N2O.3C12H20N2.C11H15F.C11H18N2O.2C11H18N2.C9H13NO/c1-9(2)10-6-13-7-11(14-10)15-8-12(3,4)5;1-9(2)7-13-12-6-5-11(8-14-12)10(3)4;1-5-14(6-2)12-8-7-11(9-13-12)10(3)4;1-5-14(6-2)12-9-7-8-11(13-12)10(3)4;1-8(2)10-5-4-6-11(7-10)9(3)12;1-8(2)7-14-11-6-12-5-10(13-11)9(3)4;1-8(2)10-5-6-11(12-7-10)13-9(3)4;1-8(2)10-6-5-7-11(13-10)12-9(3)4;1-7(2)8-4-5-9(11-3)10-6-8/h6-7,9H,8H2,1-5H3;5-6,8-10H,7H2,1-4H3,(H,13,14);2*7-10H,5-6H2,1-4H3;4-9H,1-3H3;5-6,8-9H,7H2,1-4H3;2*5-9H,1-4H3,(H,12,13);4-7H,1-3H3. The fourth-order valence-corrected chi connectivity index (χ4v) is 10.4. The fourth-order valence-electron chi connectivity index (χ4n) is 10.4. The van der Waals surface area contributed by atoms with Crippen LogP contribution < -0.4 is 40.0 Å². The highest BCUT2D eigenvalue weighted by Gasteiger charge is 2.15. The lowest BCUT2D eigenvalue weighted by Crippen LogP contribution is -2.23. The SMILES string of the molecule is CC(C)CNc1ccc(C(C)C)cn1.CC(C)COc1cncc(C(C)C)n1.CC(C)Nc1ccc(C(C)C)cn1.CC(C)Nc1cccc(C(C)C)n1.CC(C)c1cccc(C(C)F)c1.CC(C)c1cncc(OCC(C)(C)C)n1.CCN(CC)c1ccc(C(C)C)cn1.CCN(CC)c1cccc(C(C)C)n1.COc1ccc(C(C)C)cn1. The maximum absolute atomic E-state index is 12.9. The van der Waals surface area contributed by atoms with Crippen LogP contribution in [0.4, 0.5) is 33.5 Å². The molecule has 19 heteroatoms. The Morgan fingerprint density at radius 2 is 0.758 bits per heavy atom. The van der Waals surface area contributed by atoms with Crippen LogP contribution >= 0.6 is 0 Å². The molecule has 0 spiro atoms. The van der Waals surface area contributed by atoms with E-state index in [1.165, 1.54) is 33.5 Å². The molecule has 3 N–H and O–H groups in total. The second-order valence-electron chi connectivity index (χ2n) is 35.4. The number of hydrogen-bond donors (Lipinski definition) is 3. The molecule has 18 nitrogen and oxygen atoms in total. The Hall–Kier alpha value is -9.39. The molecule has 0 bridgehead atoms. The quantitative estimate of drug-likeness (QED) is 0.0399. The van der Waals surface area contributed by atoms with E-state index in [0.717, 1.165) is 84.5 Å². The van der Waals surface area contributed by atoms with Gasteiger partial charge in [-0.1, -0.05) is 234 Å². The van der Waals surface area contributed by atoms with Gasteiger partial charge in [-0.25, -0.2) is 44.3 Å². The van der Waals surface area contributed by atoms with Crippen LogP contribution in [0.2, 0.25) is 0 Å². The second kappa shape index (κ2) is 59.3. The molecule has 9 aromatic rings. The Kier molecular flexibility index (Phi) is 53.7. The van der Waals surface area contributed by atoms with Gasteiger partial charge in [-0.2, -0.15) is 0 Å². The molecule has 0 amide bonds. The lowest BCUT2D eigenvalue weighted by Gasteiger charge is -2.20. The zero-order valence-electron chi connectivity index (χ0n) is 81.0. The number of halogens is 1. The predicted molar refractivity (Wildman–Crippen MR) is 512 cm³/mol. The van der Waals surface area contributed by atoms with Gasteiger partial charge in [0, 0.05) is 99.4 Å². The number of pyridine rings is 6. The van der Waals surface area contributed by atoms with E-state index in [1.54, 1.807) is 38.8 Å². The molecule has 0 aliphatic carbocycles. The number of nitrogens with one attached hydrogen (secondary N) is 3. The molecule has 1 atom stereocenters. The first-order chi connectivity index (χ1) is 56.5. The molecule has 8 heterocycles. The third-order valence-electron chi connectivity index (χ3n) is 18.1. The van der Waals surface area contributed by atoms with Crippen molar-refractivity contribution in [1.29, 1.82) is 0 Å². The summed E-state index contributed by atoms with van der Waals surface area (Å²) in [5.41, 5.74) is 11.5. The highest BCUT2D eigenvalue weighted by Crippen LogP contribution is 2.25. The van der Waals surface area contributed by atoms with Gasteiger partial charge in [-0.15, -0.1) is 0 Å². The number of rotatable bonds is 29. The van der Waals surface area contributed by atoms with Gasteiger partial charge < -0.3 is 40.0 Å². The van der Waals surface area contributed by atoms with Crippen LogP contribution in [0.5, 0.6) is 17.6 Å². The molecule has 0 aliphatic rings. The zero-order chi connectivity index (χ0) is 90.8. The van der Waals surface area contributed by atoms with Crippen LogP contribution in [0.15, 0.2) is 159 Å². The van der Waals surface area contributed by atoms with Crippen molar-refractivity contribution in [2.24, 2.45) is 17.3 Å². The molecule has 1 aromatic carbocycles. The highest BCUT2D eigenvalue weighted by atomic mass is 19.1. The molecular weight excluding hydrogens is 1490 g/mol. The van der Waals surface area contributed by atoms with E-state index >= 15 is 0 Å². The van der Waals surface area contributed by atoms with Crippen molar-refractivity contribution in [3.63, 3.8) is 0 Å². The van der Waals surface area contributed by atoms with E-state index in [2.05, 4.69) is 359 Å². The lowest BCUT2D eigenvalue weighted by molar-refractivity contribution is 0.190. The normalized spacial score (nSPS) is 11.2. The lowest BCUT2D eigenvalue weighted by atomic mass is 9.99. The van der Waals surface area contributed by atoms with Crippen LogP contribution in [0.3, 0.4) is 0 Å². The third kappa shape index (κ3) is 47.6. The summed E-state index contributed by atoms with van der Waals surface area (Å²) in [5, 5.41) is 9.85. The van der Waals surface area contributed by atoms with Crippen molar-refractivity contribution in [3.8, 4) is 17.6 Å². The van der Waals surface area contributed by atoms with Gasteiger partial charge in [-0.05, 0) is 209 Å².